The summed E-state index contributed by atoms with van der Waals surface area (Å²) in [7, 11) is 0. The number of anilines is 1. The Labute approximate surface area is 189 Å². The fourth-order valence-corrected chi connectivity index (χ4v) is 4.74. The first-order valence-electron chi connectivity index (χ1n) is 10.1. The SMILES string of the molecule is OCC(F)(F)c1cccc(CNc2nc(Cl)nc3c2CN(SN2CCOCC2)CC3)c1. The molecule has 0 aliphatic carbocycles. The number of benzene rings is 1. The van der Waals surface area contributed by atoms with E-state index in [0.29, 0.717) is 24.5 Å². The van der Waals surface area contributed by atoms with Crippen molar-refractivity contribution in [3.05, 3.63) is 51.9 Å². The predicted molar refractivity (Wildman–Crippen MR) is 116 cm³/mol. The number of fused-ring (bicyclic) bond motifs is 1. The Hall–Kier alpha value is -1.56. The van der Waals surface area contributed by atoms with Gasteiger partial charge in [-0.2, -0.15) is 8.78 Å². The molecular weight excluding hydrogens is 448 g/mol. The molecule has 0 atom stereocenters. The number of halogens is 3. The maximum Gasteiger partial charge on any atom is 0.295 e. The van der Waals surface area contributed by atoms with Gasteiger partial charge in [-0.3, -0.25) is 0 Å². The second-order valence-corrected chi connectivity index (χ2v) is 8.95. The molecule has 0 bridgehead atoms. The second kappa shape index (κ2) is 9.93. The first kappa shape index (κ1) is 22.6. The first-order chi connectivity index (χ1) is 14.9. The first-order valence-corrected chi connectivity index (χ1v) is 11.2. The van der Waals surface area contributed by atoms with Gasteiger partial charge in [0.15, 0.2) is 0 Å². The maximum atomic E-state index is 13.8. The minimum absolute atomic E-state index is 0.163. The molecule has 3 heterocycles. The minimum atomic E-state index is -3.27. The van der Waals surface area contributed by atoms with Crippen LogP contribution in [0, 0.1) is 0 Å². The van der Waals surface area contributed by atoms with Crippen LogP contribution in [0.1, 0.15) is 22.4 Å². The molecule has 0 amide bonds. The topological polar surface area (TPSA) is 73.8 Å². The third-order valence-corrected chi connectivity index (χ3v) is 6.51. The van der Waals surface area contributed by atoms with Crippen LogP contribution in [0.15, 0.2) is 24.3 Å². The Kier molecular flexibility index (Phi) is 7.25. The van der Waals surface area contributed by atoms with Gasteiger partial charge in [-0.1, -0.05) is 18.2 Å². The van der Waals surface area contributed by atoms with Crippen molar-refractivity contribution in [2.75, 3.05) is 44.8 Å². The predicted octanol–water partition coefficient (Wildman–Crippen LogP) is 3.08. The number of morpholine rings is 1. The summed E-state index contributed by atoms with van der Waals surface area (Å²) in [5.74, 6) is -2.66. The third kappa shape index (κ3) is 5.63. The zero-order valence-corrected chi connectivity index (χ0v) is 18.4. The molecule has 1 aromatic heterocycles. The Morgan fingerprint density at radius 3 is 2.77 bits per heavy atom. The van der Waals surface area contributed by atoms with Crippen LogP contribution >= 0.6 is 23.7 Å². The minimum Gasteiger partial charge on any atom is -0.390 e. The lowest BCUT2D eigenvalue weighted by atomic mass is 10.1. The number of rotatable bonds is 7. The molecule has 2 aromatic rings. The van der Waals surface area contributed by atoms with E-state index in [0.717, 1.165) is 50.5 Å². The van der Waals surface area contributed by atoms with Gasteiger partial charge in [-0.25, -0.2) is 18.6 Å². The summed E-state index contributed by atoms with van der Waals surface area (Å²) < 4.78 is 37.6. The van der Waals surface area contributed by atoms with Crippen LogP contribution in [0.4, 0.5) is 14.6 Å². The molecule has 0 unspecified atom stereocenters. The third-order valence-electron chi connectivity index (χ3n) is 5.21. The molecule has 0 radical (unpaired) electrons. The lowest BCUT2D eigenvalue weighted by Gasteiger charge is -2.34. The number of aliphatic hydroxyl groups excluding tert-OH is 1. The van der Waals surface area contributed by atoms with E-state index >= 15 is 0 Å². The van der Waals surface area contributed by atoms with Gasteiger partial charge in [0.05, 0.1) is 18.9 Å². The van der Waals surface area contributed by atoms with Gasteiger partial charge < -0.3 is 15.2 Å². The molecule has 2 aliphatic rings. The summed E-state index contributed by atoms with van der Waals surface area (Å²) in [6.45, 7) is 3.80. The molecule has 7 nitrogen and oxygen atoms in total. The van der Waals surface area contributed by atoms with Gasteiger partial charge in [0, 0.05) is 62.4 Å². The molecule has 1 fully saturated rings. The van der Waals surface area contributed by atoms with Gasteiger partial charge in [0.25, 0.3) is 5.92 Å². The molecule has 11 heteroatoms. The molecule has 1 aromatic carbocycles. The fourth-order valence-electron chi connectivity index (χ4n) is 3.55. The molecule has 2 N–H and O–H groups in total. The lowest BCUT2D eigenvalue weighted by Crippen LogP contribution is -2.36. The van der Waals surface area contributed by atoms with Crippen LogP contribution in [-0.4, -0.2) is 63.1 Å². The van der Waals surface area contributed by atoms with E-state index in [9.17, 15) is 8.78 Å². The highest BCUT2D eigenvalue weighted by Crippen LogP contribution is 2.31. The van der Waals surface area contributed by atoms with E-state index in [4.69, 9.17) is 21.4 Å². The average Bonchev–Trinajstić information content (AvgIpc) is 2.78. The van der Waals surface area contributed by atoms with E-state index in [2.05, 4.69) is 23.9 Å². The summed E-state index contributed by atoms with van der Waals surface area (Å²) >= 11 is 7.83. The van der Waals surface area contributed by atoms with Crippen LogP contribution in [-0.2, 0) is 30.2 Å². The number of nitrogens with one attached hydrogen (secondary N) is 1. The Morgan fingerprint density at radius 2 is 2.00 bits per heavy atom. The zero-order valence-electron chi connectivity index (χ0n) is 16.9. The number of ether oxygens (including phenoxy) is 1. The van der Waals surface area contributed by atoms with Crippen molar-refractivity contribution in [3.8, 4) is 0 Å². The lowest BCUT2D eigenvalue weighted by molar-refractivity contribution is -0.0556. The highest BCUT2D eigenvalue weighted by molar-refractivity contribution is 7.94. The quantitative estimate of drug-likeness (QED) is 0.471. The molecule has 0 saturated carbocycles. The van der Waals surface area contributed by atoms with E-state index < -0.39 is 12.5 Å². The number of aromatic nitrogens is 2. The molecule has 1 saturated heterocycles. The van der Waals surface area contributed by atoms with Crippen LogP contribution in [0.3, 0.4) is 0 Å². The summed E-state index contributed by atoms with van der Waals surface area (Å²) in [6, 6.07) is 6.00. The molecule has 168 valence electrons. The Morgan fingerprint density at radius 1 is 1.19 bits per heavy atom. The van der Waals surface area contributed by atoms with Crippen molar-refractivity contribution in [2.24, 2.45) is 0 Å². The summed E-state index contributed by atoms with van der Waals surface area (Å²) in [4.78, 5) is 8.74. The smallest absolute Gasteiger partial charge is 0.295 e. The highest BCUT2D eigenvalue weighted by Gasteiger charge is 2.30. The van der Waals surface area contributed by atoms with Crippen molar-refractivity contribution < 1.29 is 18.6 Å². The van der Waals surface area contributed by atoms with Crippen molar-refractivity contribution in [1.29, 1.82) is 0 Å². The van der Waals surface area contributed by atoms with E-state index in [1.807, 2.05) is 0 Å². The van der Waals surface area contributed by atoms with Crippen molar-refractivity contribution in [1.82, 2.24) is 18.6 Å². The molecule has 31 heavy (non-hydrogen) atoms. The monoisotopic (exact) mass is 471 g/mol. The Balaban J connectivity index is 1.47. The van der Waals surface area contributed by atoms with E-state index in [-0.39, 0.29) is 10.8 Å². The highest BCUT2D eigenvalue weighted by atomic mass is 35.5. The van der Waals surface area contributed by atoms with Gasteiger partial charge in [0.2, 0.25) is 5.28 Å². The van der Waals surface area contributed by atoms with Crippen molar-refractivity contribution in [3.63, 3.8) is 0 Å². The summed E-state index contributed by atoms with van der Waals surface area (Å²) in [6.07, 6.45) is 0.752. The Bertz CT molecular complexity index is 917. The van der Waals surface area contributed by atoms with Gasteiger partial charge >= 0.3 is 0 Å². The van der Waals surface area contributed by atoms with Gasteiger partial charge in [-0.15, -0.1) is 0 Å². The second-order valence-electron chi connectivity index (χ2n) is 7.42. The molecular formula is C20H24ClF2N5O2S. The zero-order chi connectivity index (χ0) is 21.8. The normalized spacial score (nSPS) is 18.1. The fraction of sp³-hybridized carbons (Fsp3) is 0.500. The van der Waals surface area contributed by atoms with Crippen molar-refractivity contribution >= 4 is 29.6 Å². The van der Waals surface area contributed by atoms with Gasteiger partial charge in [-0.05, 0) is 23.2 Å². The van der Waals surface area contributed by atoms with E-state index in [1.165, 1.54) is 12.1 Å². The van der Waals surface area contributed by atoms with Crippen LogP contribution in [0.25, 0.3) is 0 Å². The number of nitrogens with zero attached hydrogens (tertiary/aromatic N) is 4. The van der Waals surface area contributed by atoms with Crippen LogP contribution < -0.4 is 5.32 Å². The van der Waals surface area contributed by atoms with Crippen LogP contribution in [0.2, 0.25) is 5.28 Å². The molecule has 2 aliphatic heterocycles. The average molecular weight is 472 g/mol. The number of alkyl halides is 2. The molecule has 4 rings (SSSR count). The number of aliphatic hydroxyl groups is 1. The number of hydrogen-bond acceptors (Lipinski definition) is 8. The van der Waals surface area contributed by atoms with Crippen LogP contribution in [0.5, 0.6) is 0 Å². The summed E-state index contributed by atoms with van der Waals surface area (Å²) in [5.41, 5.74) is 2.31. The summed E-state index contributed by atoms with van der Waals surface area (Å²) in [5, 5.41) is 12.3. The van der Waals surface area contributed by atoms with Gasteiger partial charge in [0.1, 0.15) is 12.4 Å². The number of hydrogen-bond donors (Lipinski definition) is 2. The molecule has 0 spiro atoms. The van der Waals surface area contributed by atoms with E-state index in [1.54, 1.807) is 24.3 Å². The maximum absolute atomic E-state index is 13.8. The van der Waals surface area contributed by atoms with Crippen molar-refractivity contribution in [2.45, 2.75) is 25.4 Å². The standard InChI is InChI=1S/C20H24ClF2N5O2S/c21-19-25-17-4-5-28(31-27-6-8-30-9-7-27)12-16(17)18(26-19)24-11-14-2-1-3-15(10-14)20(22,23)13-29/h1-3,10,29H,4-9,11-13H2,(H,24,25,26). The largest absolute Gasteiger partial charge is 0.390 e.